The topological polar surface area (TPSA) is 67.3 Å². The number of carbonyl (C=O) groups is 2. The molecule has 0 unspecified atom stereocenters. The number of thiophene rings is 1. The number of nitrogens with zero attached hydrogens (tertiary/aromatic N) is 1. The van der Waals surface area contributed by atoms with Crippen molar-refractivity contribution < 1.29 is 14.7 Å². The number of fused-ring (bicyclic) bond motifs is 1. The zero-order valence-corrected chi connectivity index (χ0v) is 17.1. The highest BCUT2D eigenvalue weighted by Crippen LogP contribution is 2.42. The van der Waals surface area contributed by atoms with Crippen LogP contribution in [0.3, 0.4) is 0 Å². The van der Waals surface area contributed by atoms with Gasteiger partial charge in [0.1, 0.15) is 5.01 Å². The fourth-order valence-electron chi connectivity index (χ4n) is 4.18. The Balaban J connectivity index is 1.73. The van der Waals surface area contributed by atoms with Gasteiger partial charge in [-0.05, 0) is 57.4 Å². The van der Waals surface area contributed by atoms with E-state index in [4.69, 9.17) is 4.98 Å². The van der Waals surface area contributed by atoms with E-state index in [1.165, 1.54) is 35.3 Å². The molecule has 0 spiro atoms. The SMILES string of the molecule is Cc1csc(-c2c(CC(=O)C3=C(C(=O)O)CCC3)sc3c2CCCCC3)n1. The molecule has 2 aromatic rings. The number of carboxylic acid groups (broad SMARTS) is 1. The normalized spacial score (nSPS) is 17.1. The van der Waals surface area contributed by atoms with Crippen molar-refractivity contribution in [3.63, 3.8) is 0 Å². The maximum Gasteiger partial charge on any atom is 0.331 e. The van der Waals surface area contributed by atoms with Gasteiger partial charge >= 0.3 is 5.97 Å². The Morgan fingerprint density at radius 1 is 1.07 bits per heavy atom. The van der Waals surface area contributed by atoms with Crippen LogP contribution in [-0.2, 0) is 28.9 Å². The van der Waals surface area contributed by atoms with Crippen molar-refractivity contribution in [2.75, 3.05) is 0 Å². The third kappa shape index (κ3) is 3.65. The van der Waals surface area contributed by atoms with Crippen LogP contribution in [0.5, 0.6) is 0 Å². The molecule has 0 amide bonds. The molecule has 142 valence electrons. The van der Waals surface area contributed by atoms with E-state index >= 15 is 0 Å². The number of aliphatic carboxylic acids is 1. The number of Topliss-reactive ketones (excluding diaryl/α,β-unsaturated/α-hetero) is 1. The van der Waals surface area contributed by atoms with Gasteiger partial charge in [-0.1, -0.05) is 6.42 Å². The predicted octanol–water partition coefficient (Wildman–Crippen LogP) is 5.13. The first-order valence-electron chi connectivity index (χ1n) is 9.59. The summed E-state index contributed by atoms with van der Waals surface area (Å²) in [7, 11) is 0. The van der Waals surface area contributed by atoms with E-state index in [2.05, 4.69) is 5.38 Å². The smallest absolute Gasteiger partial charge is 0.331 e. The maximum absolute atomic E-state index is 13.0. The molecule has 4 nitrogen and oxygen atoms in total. The molecule has 0 atom stereocenters. The van der Waals surface area contributed by atoms with E-state index in [0.717, 1.165) is 34.8 Å². The van der Waals surface area contributed by atoms with Crippen LogP contribution in [0.4, 0.5) is 0 Å². The summed E-state index contributed by atoms with van der Waals surface area (Å²) in [6.07, 6.45) is 7.94. The molecule has 1 N–H and O–H groups in total. The average Bonchev–Trinajstić information content (AvgIpc) is 3.31. The van der Waals surface area contributed by atoms with Crippen molar-refractivity contribution in [3.8, 4) is 10.6 Å². The summed E-state index contributed by atoms with van der Waals surface area (Å²) in [6.45, 7) is 2.00. The lowest BCUT2D eigenvalue weighted by Crippen LogP contribution is -2.10. The minimum atomic E-state index is -0.936. The van der Waals surface area contributed by atoms with Crippen LogP contribution >= 0.6 is 22.7 Å². The number of hydrogen-bond donors (Lipinski definition) is 1. The number of carboxylic acids is 1. The van der Waals surface area contributed by atoms with Crippen LogP contribution in [0.15, 0.2) is 16.5 Å². The molecule has 0 aliphatic heterocycles. The molecule has 27 heavy (non-hydrogen) atoms. The Hall–Kier alpha value is -1.79. The van der Waals surface area contributed by atoms with Crippen molar-refractivity contribution in [2.24, 2.45) is 0 Å². The number of aromatic nitrogens is 1. The molecule has 2 aromatic heterocycles. The van der Waals surface area contributed by atoms with Gasteiger partial charge in [-0.25, -0.2) is 9.78 Å². The van der Waals surface area contributed by atoms with E-state index in [1.807, 2.05) is 6.92 Å². The summed E-state index contributed by atoms with van der Waals surface area (Å²) in [4.78, 5) is 31.6. The van der Waals surface area contributed by atoms with Gasteiger partial charge < -0.3 is 5.11 Å². The molecule has 0 saturated carbocycles. The van der Waals surface area contributed by atoms with E-state index < -0.39 is 5.97 Å². The van der Waals surface area contributed by atoms with Crippen molar-refractivity contribution >= 4 is 34.4 Å². The van der Waals surface area contributed by atoms with Gasteiger partial charge in [-0.3, -0.25) is 4.79 Å². The van der Waals surface area contributed by atoms with Gasteiger partial charge in [0.15, 0.2) is 5.78 Å². The van der Waals surface area contributed by atoms with Crippen molar-refractivity contribution in [2.45, 2.75) is 64.7 Å². The number of rotatable bonds is 5. The second-order valence-corrected chi connectivity index (χ2v) is 9.42. The highest BCUT2D eigenvalue weighted by molar-refractivity contribution is 7.15. The number of aryl methyl sites for hydroxylation is 2. The fourth-order valence-corrected chi connectivity index (χ4v) is 6.54. The van der Waals surface area contributed by atoms with Gasteiger partial charge in [0.2, 0.25) is 0 Å². The Kier molecular flexibility index (Phi) is 5.28. The van der Waals surface area contributed by atoms with E-state index in [9.17, 15) is 14.7 Å². The van der Waals surface area contributed by atoms with Crippen LogP contribution in [0.2, 0.25) is 0 Å². The number of thiazole rings is 1. The van der Waals surface area contributed by atoms with Gasteiger partial charge in [0, 0.05) is 44.0 Å². The van der Waals surface area contributed by atoms with Crippen LogP contribution in [0.1, 0.15) is 59.5 Å². The molecule has 2 aliphatic carbocycles. The largest absolute Gasteiger partial charge is 0.478 e. The van der Waals surface area contributed by atoms with Gasteiger partial charge in [0.05, 0.1) is 0 Å². The van der Waals surface area contributed by atoms with Crippen LogP contribution in [0, 0.1) is 6.92 Å². The van der Waals surface area contributed by atoms with Gasteiger partial charge in [-0.2, -0.15) is 0 Å². The Labute approximate surface area is 167 Å². The molecule has 0 bridgehead atoms. The molecule has 2 aliphatic rings. The predicted molar refractivity (Wildman–Crippen MR) is 109 cm³/mol. The molecule has 0 saturated heterocycles. The zero-order valence-electron chi connectivity index (χ0n) is 15.5. The van der Waals surface area contributed by atoms with Gasteiger partial charge in [-0.15, -0.1) is 22.7 Å². The Bertz CT molecular complexity index is 935. The fraction of sp³-hybridized carbons (Fsp3) is 0.476. The van der Waals surface area contributed by atoms with Crippen LogP contribution < -0.4 is 0 Å². The standard InChI is InChI=1S/C21H23NO3S2/c1-12-11-26-20(22-12)19-15-6-3-2-4-9-17(15)27-18(19)10-16(23)13-7-5-8-14(13)21(24)25/h11H,2-10H2,1H3,(H,24,25). The quantitative estimate of drug-likeness (QED) is 0.706. The highest BCUT2D eigenvalue weighted by Gasteiger charge is 2.28. The first-order chi connectivity index (χ1) is 13.0. The Morgan fingerprint density at radius 3 is 2.59 bits per heavy atom. The monoisotopic (exact) mass is 401 g/mol. The maximum atomic E-state index is 13.0. The van der Waals surface area contributed by atoms with Crippen molar-refractivity contribution in [3.05, 3.63) is 37.5 Å². The first-order valence-corrected chi connectivity index (χ1v) is 11.3. The lowest BCUT2D eigenvalue weighted by atomic mass is 9.99. The van der Waals surface area contributed by atoms with Crippen LogP contribution in [-0.4, -0.2) is 21.8 Å². The summed E-state index contributed by atoms with van der Waals surface area (Å²) in [5, 5.41) is 12.4. The van der Waals surface area contributed by atoms with Crippen LogP contribution in [0.25, 0.3) is 10.6 Å². The minimum Gasteiger partial charge on any atom is -0.478 e. The molecule has 6 heteroatoms. The number of ketones is 1. The third-order valence-electron chi connectivity index (χ3n) is 5.46. The summed E-state index contributed by atoms with van der Waals surface area (Å²) < 4.78 is 0. The molecular formula is C21H23NO3S2. The summed E-state index contributed by atoms with van der Waals surface area (Å²) in [5.74, 6) is -0.954. The van der Waals surface area contributed by atoms with E-state index in [-0.39, 0.29) is 5.78 Å². The first kappa shape index (κ1) is 18.6. The summed E-state index contributed by atoms with van der Waals surface area (Å²) >= 11 is 3.40. The highest BCUT2D eigenvalue weighted by atomic mass is 32.1. The molecular weight excluding hydrogens is 378 g/mol. The van der Waals surface area contributed by atoms with Gasteiger partial charge in [0.25, 0.3) is 0 Å². The molecule has 0 radical (unpaired) electrons. The molecule has 2 heterocycles. The average molecular weight is 402 g/mol. The summed E-state index contributed by atoms with van der Waals surface area (Å²) in [6, 6.07) is 0. The van der Waals surface area contributed by atoms with Crippen molar-refractivity contribution in [1.82, 2.24) is 4.98 Å². The number of carbonyl (C=O) groups excluding carboxylic acids is 1. The molecule has 0 aromatic carbocycles. The minimum absolute atomic E-state index is 0.0177. The third-order valence-corrected chi connectivity index (χ3v) is 7.73. The lowest BCUT2D eigenvalue weighted by Gasteiger charge is -2.06. The number of allylic oxidation sites excluding steroid dienone is 1. The lowest BCUT2D eigenvalue weighted by molar-refractivity contribution is -0.133. The summed E-state index contributed by atoms with van der Waals surface area (Å²) in [5.41, 5.74) is 4.41. The second kappa shape index (κ2) is 7.68. The van der Waals surface area contributed by atoms with E-state index in [0.29, 0.717) is 30.4 Å². The van der Waals surface area contributed by atoms with Crippen molar-refractivity contribution in [1.29, 1.82) is 0 Å². The number of hydrogen-bond acceptors (Lipinski definition) is 5. The Morgan fingerprint density at radius 2 is 1.85 bits per heavy atom. The second-order valence-electron chi connectivity index (χ2n) is 7.37. The molecule has 0 fully saturated rings. The zero-order chi connectivity index (χ0) is 19.0. The molecule has 4 rings (SSSR count). The van der Waals surface area contributed by atoms with E-state index in [1.54, 1.807) is 22.7 Å².